The molecule has 0 saturated carbocycles. The molecule has 0 atom stereocenters. The number of hydrogen-bond donors (Lipinski definition) is 0. The molecular weight excluding hydrogens is 288 g/mol. The van der Waals surface area contributed by atoms with Gasteiger partial charge in [-0.3, -0.25) is 9.59 Å². The summed E-state index contributed by atoms with van der Waals surface area (Å²) in [4.78, 5) is 28.5. The topological polar surface area (TPSA) is 40.6 Å². The van der Waals surface area contributed by atoms with Crippen molar-refractivity contribution in [3.8, 4) is 0 Å². The first kappa shape index (κ1) is 15.3. The standard InChI is InChI=1S/C19H20N2O2/c1-15-7-9-16(10-8-15)19(23)20-12-11-18(22)21(14-13-20)17-5-3-2-4-6-17/h2-10H,11-14H2,1H3. The third kappa shape index (κ3) is 3.42. The number of hydrogen-bond acceptors (Lipinski definition) is 2. The smallest absolute Gasteiger partial charge is 0.253 e. The molecule has 0 radical (unpaired) electrons. The molecule has 3 rings (SSSR count). The van der Waals surface area contributed by atoms with Gasteiger partial charge in [0.15, 0.2) is 0 Å². The Morgan fingerprint density at radius 1 is 0.913 bits per heavy atom. The fraction of sp³-hybridized carbons (Fsp3) is 0.263. The van der Waals surface area contributed by atoms with E-state index in [0.29, 0.717) is 31.6 Å². The lowest BCUT2D eigenvalue weighted by Crippen LogP contribution is -2.35. The van der Waals surface area contributed by atoms with Crippen LogP contribution in [0, 0.1) is 6.92 Å². The molecule has 4 nitrogen and oxygen atoms in total. The molecule has 1 saturated heterocycles. The Morgan fingerprint density at radius 2 is 1.61 bits per heavy atom. The van der Waals surface area contributed by atoms with Gasteiger partial charge in [0.1, 0.15) is 0 Å². The van der Waals surface area contributed by atoms with Crippen LogP contribution in [0.2, 0.25) is 0 Å². The second-order valence-electron chi connectivity index (χ2n) is 5.79. The molecule has 2 aromatic carbocycles. The predicted octanol–water partition coefficient (Wildman–Crippen LogP) is 2.87. The highest BCUT2D eigenvalue weighted by Gasteiger charge is 2.25. The van der Waals surface area contributed by atoms with E-state index in [-0.39, 0.29) is 11.8 Å². The van der Waals surface area contributed by atoms with Gasteiger partial charge in [0.2, 0.25) is 5.91 Å². The van der Waals surface area contributed by atoms with E-state index in [0.717, 1.165) is 11.3 Å². The first-order chi connectivity index (χ1) is 11.1. The SMILES string of the molecule is Cc1ccc(C(=O)N2CCC(=O)N(c3ccccc3)CC2)cc1. The van der Waals surface area contributed by atoms with Crippen molar-refractivity contribution in [3.05, 3.63) is 65.7 Å². The summed E-state index contributed by atoms with van der Waals surface area (Å²) in [5.41, 5.74) is 2.70. The highest BCUT2D eigenvalue weighted by atomic mass is 16.2. The van der Waals surface area contributed by atoms with E-state index in [1.165, 1.54) is 0 Å². The van der Waals surface area contributed by atoms with Crippen molar-refractivity contribution < 1.29 is 9.59 Å². The molecule has 1 aliphatic rings. The van der Waals surface area contributed by atoms with Crippen molar-refractivity contribution in [2.45, 2.75) is 13.3 Å². The van der Waals surface area contributed by atoms with Crippen molar-refractivity contribution in [2.24, 2.45) is 0 Å². The van der Waals surface area contributed by atoms with Crippen LogP contribution < -0.4 is 4.90 Å². The molecule has 0 aromatic heterocycles. The lowest BCUT2D eigenvalue weighted by atomic mass is 10.1. The minimum atomic E-state index is -0.00675. The normalized spacial score (nSPS) is 15.4. The Labute approximate surface area is 136 Å². The second kappa shape index (κ2) is 6.65. The minimum Gasteiger partial charge on any atom is -0.336 e. The summed E-state index contributed by atoms with van der Waals surface area (Å²) in [5, 5.41) is 0. The van der Waals surface area contributed by atoms with Gasteiger partial charge in [0.05, 0.1) is 0 Å². The summed E-state index contributed by atoms with van der Waals surface area (Å²) >= 11 is 0. The molecular formula is C19H20N2O2. The molecule has 0 N–H and O–H groups in total. The number of rotatable bonds is 2. The summed E-state index contributed by atoms with van der Waals surface area (Å²) in [6.45, 7) is 3.54. The van der Waals surface area contributed by atoms with Crippen LogP contribution in [0.3, 0.4) is 0 Å². The molecule has 23 heavy (non-hydrogen) atoms. The van der Waals surface area contributed by atoms with Crippen molar-refractivity contribution in [3.63, 3.8) is 0 Å². The third-order valence-electron chi connectivity index (χ3n) is 4.14. The highest BCUT2D eigenvalue weighted by molar-refractivity contribution is 5.97. The van der Waals surface area contributed by atoms with Crippen molar-refractivity contribution >= 4 is 17.5 Å². The quantitative estimate of drug-likeness (QED) is 0.856. The molecule has 2 aromatic rings. The number of carbonyl (C=O) groups is 2. The van der Waals surface area contributed by atoms with Gasteiger partial charge in [0.25, 0.3) is 5.91 Å². The first-order valence-electron chi connectivity index (χ1n) is 7.86. The van der Waals surface area contributed by atoms with Gasteiger partial charge in [-0.25, -0.2) is 0 Å². The Bertz CT molecular complexity index is 695. The van der Waals surface area contributed by atoms with E-state index < -0.39 is 0 Å². The fourth-order valence-corrected chi connectivity index (χ4v) is 2.79. The molecule has 2 amide bonds. The van der Waals surface area contributed by atoms with E-state index >= 15 is 0 Å². The Morgan fingerprint density at radius 3 is 2.30 bits per heavy atom. The van der Waals surface area contributed by atoms with Crippen LogP contribution >= 0.6 is 0 Å². The van der Waals surface area contributed by atoms with E-state index in [9.17, 15) is 9.59 Å². The molecule has 1 fully saturated rings. The number of benzene rings is 2. The number of nitrogens with zero attached hydrogens (tertiary/aromatic N) is 2. The Balaban J connectivity index is 1.74. The van der Waals surface area contributed by atoms with Crippen LogP contribution in [0.25, 0.3) is 0 Å². The maximum Gasteiger partial charge on any atom is 0.253 e. The average molecular weight is 308 g/mol. The monoisotopic (exact) mass is 308 g/mol. The summed E-state index contributed by atoms with van der Waals surface area (Å²) in [6, 6.07) is 17.2. The molecule has 0 aliphatic carbocycles. The zero-order valence-electron chi connectivity index (χ0n) is 13.2. The second-order valence-corrected chi connectivity index (χ2v) is 5.79. The lowest BCUT2D eigenvalue weighted by molar-refractivity contribution is -0.118. The van der Waals surface area contributed by atoms with Crippen molar-refractivity contribution in [1.82, 2.24) is 4.90 Å². The summed E-state index contributed by atoms with van der Waals surface area (Å²) in [5.74, 6) is 0.0584. The van der Waals surface area contributed by atoms with Crippen LogP contribution in [0.4, 0.5) is 5.69 Å². The van der Waals surface area contributed by atoms with Gasteiger partial charge in [-0.05, 0) is 31.2 Å². The largest absolute Gasteiger partial charge is 0.336 e. The van der Waals surface area contributed by atoms with E-state index in [4.69, 9.17) is 0 Å². The number of carbonyl (C=O) groups excluding carboxylic acids is 2. The van der Waals surface area contributed by atoms with E-state index in [2.05, 4.69) is 0 Å². The van der Waals surface area contributed by atoms with Gasteiger partial charge in [-0.15, -0.1) is 0 Å². The molecule has 1 heterocycles. The molecule has 0 spiro atoms. The zero-order valence-corrected chi connectivity index (χ0v) is 13.2. The maximum absolute atomic E-state index is 12.6. The first-order valence-corrected chi connectivity index (χ1v) is 7.86. The van der Waals surface area contributed by atoms with Crippen LogP contribution in [-0.2, 0) is 4.79 Å². The van der Waals surface area contributed by atoms with Crippen molar-refractivity contribution in [1.29, 1.82) is 0 Å². The van der Waals surface area contributed by atoms with Crippen LogP contribution in [0.5, 0.6) is 0 Å². The summed E-state index contributed by atoms with van der Waals surface area (Å²) < 4.78 is 0. The number of anilines is 1. The third-order valence-corrected chi connectivity index (χ3v) is 4.14. The zero-order chi connectivity index (χ0) is 16.2. The van der Waals surface area contributed by atoms with Gasteiger partial charge in [0, 0.05) is 37.3 Å². The minimum absolute atomic E-state index is 0.00675. The van der Waals surface area contributed by atoms with Crippen LogP contribution in [0.15, 0.2) is 54.6 Å². The number of amides is 2. The molecule has 0 unspecified atom stereocenters. The summed E-state index contributed by atoms with van der Waals surface area (Å²) in [7, 11) is 0. The maximum atomic E-state index is 12.6. The molecule has 118 valence electrons. The van der Waals surface area contributed by atoms with Crippen molar-refractivity contribution in [2.75, 3.05) is 24.5 Å². The fourth-order valence-electron chi connectivity index (χ4n) is 2.79. The van der Waals surface area contributed by atoms with Gasteiger partial charge >= 0.3 is 0 Å². The van der Waals surface area contributed by atoms with E-state index in [1.807, 2.05) is 61.5 Å². The van der Waals surface area contributed by atoms with Crippen LogP contribution in [0.1, 0.15) is 22.3 Å². The van der Waals surface area contributed by atoms with Gasteiger partial charge in [-0.1, -0.05) is 35.9 Å². The van der Waals surface area contributed by atoms with Gasteiger partial charge < -0.3 is 9.80 Å². The van der Waals surface area contributed by atoms with Gasteiger partial charge in [-0.2, -0.15) is 0 Å². The lowest BCUT2D eigenvalue weighted by Gasteiger charge is -2.22. The number of para-hydroxylation sites is 1. The Hall–Kier alpha value is -2.62. The predicted molar refractivity (Wildman–Crippen MR) is 90.5 cm³/mol. The highest BCUT2D eigenvalue weighted by Crippen LogP contribution is 2.18. The average Bonchev–Trinajstić information content (AvgIpc) is 2.77. The molecule has 0 bridgehead atoms. The number of aryl methyl sites for hydroxylation is 1. The van der Waals surface area contributed by atoms with E-state index in [1.54, 1.807) is 9.80 Å². The molecule has 4 heteroatoms. The molecule has 1 aliphatic heterocycles. The Kier molecular flexibility index (Phi) is 4.42. The van der Waals surface area contributed by atoms with Crippen LogP contribution in [-0.4, -0.2) is 36.3 Å². The summed E-state index contributed by atoms with van der Waals surface area (Å²) in [6.07, 6.45) is 0.354.